The Kier molecular flexibility index (Phi) is 5.65. The number of carbonyl (C=O) groups excluding carboxylic acids is 1. The minimum Gasteiger partial charge on any atom is -0.326 e. The Balaban J connectivity index is 2.12. The van der Waals surface area contributed by atoms with Crippen LogP contribution in [0.5, 0.6) is 0 Å². The predicted octanol–water partition coefficient (Wildman–Crippen LogP) is 5.40. The second kappa shape index (κ2) is 7.51. The van der Waals surface area contributed by atoms with Crippen LogP contribution in [-0.4, -0.2) is 5.91 Å². The number of para-hydroxylation sites is 1. The summed E-state index contributed by atoms with van der Waals surface area (Å²) in [6, 6.07) is 12.4. The van der Waals surface area contributed by atoms with E-state index in [1.807, 2.05) is 24.3 Å². The lowest BCUT2D eigenvalue weighted by Crippen LogP contribution is -2.16. The zero-order valence-corrected chi connectivity index (χ0v) is 13.7. The fourth-order valence-corrected chi connectivity index (χ4v) is 2.50. The Morgan fingerprint density at radius 2 is 1.83 bits per heavy atom. The van der Waals surface area contributed by atoms with Crippen LogP contribution in [0.15, 0.2) is 48.5 Å². The van der Waals surface area contributed by atoms with E-state index in [9.17, 15) is 18.0 Å². The Bertz CT molecular complexity index is 710. The fraction of sp³-hybridized carbons (Fsp3) is 0.316. The highest BCUT2D eigenvalue weighted by Gasteiger charge is 2.30. The number of carbonyl (C=O) groups is 1. The van der Waals surface area contributed by atoms with Crippen molar-refractivity contribution in [2.45, 2.75) is 38.8 Å². The first-order valence-electron chi connectivity index (χ1n) is 7.86. The minimum absolute atomic E-state index is 0.0985. The van der Waals surface area contributed by atoms with Gasteiger partial charge in [0.15, 0.2) is 0 Å². The molecule has 0 fully saturated rings. The largest absolute Gasteiger partial charge is 0.416 e. The van der Waals surface area contributed by atoms with Crippen molar-refractivity contribution in [3.63, 3.8) is 0 Å². The lowest BCUT2D eigenvalue weighted by Gasteiger charge is -2.16. The van der Waals surface area contributed by atoms with Crippen molar-refractivity contribution >= 4 is 11.6 Å². The lowest BCUT2D eigenvalue weighted by atomic mass is 9.96. The highest BCUT2D eigenvalue weighted by Crippen LogP contribution is 2.30. The van der Waals surface area contributed by atoms with Gasteiger partial charge in [0.05, 0.1) is 12.0 Å². The first-order valence-corrected chi connectivity index (χ1v) is 7.86. The van der Waals surface area contributed by atoms with E-state index in [1.54, 1.807) is 0 Å². The van der Waals surface area contributed by atoms with Gasteiger partial charge in [-0.25, -0.2) is 0 Å². The molecule has 24 heavy (non-hydrogen) atoms. The number of anilines is 1. The molecule has 1 unspecified atom stereocenters. The SMILES string of the molecule is CCC(C)c1ccccc1NC(=O)Cc1cccc(C(F)(F)F)c1. The van der Waals surface area contributed by atoms with Crippen molar-refractivity contribution < 1.29 is 18.0 Å². The third-order valence-electron chi connectivity index (χ3n) is 4.00. The van der Waals surface area contributed by atoms with E-state index in [0.717, 1.165) is 24.1 Å². The van der Waals surface area contributed by atoms with Gasteiger partial charge in [0, 0.05) is 5.69 Å². The monoisotopic (exact) mass is 335 g/mol. The second-order valence-electron chi connectivity index (χ2n) is 5.82. The normalized spacial score (nSPS) is 12.7. The quantitative estimate of drug-likeness (QED) is 0.779. The molecule has 0 aromatic heterocycles. The molecule has 1 N–H and O–H groups in total. The van der Waals surface area contributed by atoms with E-state index in [2.05, 4.69) is 19.2 Å². The van der Waals surface area contributed by atoms with Crippen LogP contribution in [0.3, 0.4) is 0 Å². The van der Waals surface area contributed by atoms with Crippen LogP contribution in [0, 0.1) is 0 Å². The van der Waals surface area contributed by atoms with E-state index in [4.69, 9.17) is 0 Å². The van der Waals surface area contributed by atoms with Crippen molar-refractivity contribution in [3.05, 3.63) is 65.2 Å². The smallest absolute Gasteiger partial charge is 0.326 e. The molecule has 2 aromatic rings. The number of rotatable bonds is 5. The van der Waals surface area contributed by atoms with Gasteiger partial charge < -0.3 is 5.32 Å². The first kappa shape index (κ1) is 18.0. The lowest BCUT2D eigenvalue weighted by molar-refractivity contribution is -0.137. The van der Waals surface area contributed by atoms with Crippen LogP contribution in [0.25, 0.3) is 0 Å². The molecule has 1 atom stereocenters. The maximum absolute atomic E-state index is 12.7. The average Bonchev–Trinajstić information content (AvgIpc) is 2.54. The predicted molar refractivity (Wildman–Crippen MR) is 88.9 cm³/mol. The Labute approximate surface area is 139 Å². The van der Waals surface area contributed by atoms with Crippen LogP contribution in [0.2, 0.25) is 0 Å². The Morgan fingerprint density at radius 3 is 2.50 bits per heavy atom. The number of alkyl halides is 3. The zero-order chi connectivity index (χ0) is 17.7. The van der Waals surface area contributed by atoms with Gasteiger partial charge in [-0.1, -0.05) is 50.2 Å². The maximum atomic E-state index is 12.7. The summed E-state index contributed by atoms with van der Waals surface area (Å²) < 4.78 is 38.2. The van der Waals surface area contributed by atoms with E-state index in [-0.39, 0.29) is 18.2 Å². The molecule has 0 spiro atoms. The van der Waals surface area contributed by atoms with Crippen molar-refractivity contribution in [2.75, 3.05) is 5.32 Å². The van der Waals surface area contributed by atoms with Gasteiger partial charge in [0.2, 0.25) is 5.91 Å². The molecule has 0 radical (unpaired) electrons. The number of halogens is 3. The summed E-state index contributed by atoms with van der Waals surface area (Å²) in [4.78, 5) is 12.2. The third-order valence-corrected chi connectivity index (χ3v) is 4.00. The number of nitrogens with one attached hydrogen (secondary N) is 1. The Hall–Kier alpha value is -2.30. The molecular formula is C19H20F3NO. The molecule has 1 amide bonds. The van der Waals surface area contributed by atoms with Crippen molar-refractivity contribution in [3.8, 4) is 0 Å². The van der Waals surface area contributed by atoms with Crippen LogP contribution < -0.4 is 5.32 Å². The summed E-state index contributed by atoms with van der Waals surface area (Å²) >= 11 is 0. The maximum Gasteiger partial charge on any atom is 0.416 e. The number of benzene rings is 2. The van der Waals surface area contributed by atoms with Crippen molar-refractivity contribution in [2.24, 2.45) is 0 Å². The highest BCUT2D eigenvalue weighted by molar-refractivity contribution is 5.93. The molecule has 2 rings (SSSR count). The van der Waals surface area contributed by atoms with Crippen LogP contribution in [0.1, 0.15) is 42.9 Å². The van der Waals surface area contributed by atoms with Gasteiger partial charge >= 0.3 is 6.18 Å². The van der Waals surface area contributed by atoms with Crippen molar-refractivity contribution in [1.82, 2.24) is 0 Å². The summed E-state index contributed by atoms with van der Waals surface area (Å²) in [5.41, 5.74) is 1.33. The summed E-state index contributed by atoms with van der Waals surface area (Å²) in [5.74, 6) is -0.0415. The molecule has 0 bridgehead atoms. The Morgan fingerprint density at radius 1 is 1.12 bits per heavy atom. The highest BCUT2D eigenvalue weighted by atomic mass is 19.4. The molecule has 0 aliphatic carbocycles. The van der Waals surface area contributed by atoms with E-state index >= 15 is 0 Å². The van der Waals surface area contributed by atoms with E-state index < -0.39 is 11.7 Å². The third kappa shape index (κ3) is 4.60. The molecule has 2 nitrogen and oxygen atoms in total. The van der Waals surface area contributed by atoms with Gasteiger partial charge in [0.25, 0.3) is 0 Å². The summed E-state index contributed by atoms with van der Waals surface area (Å²) in [7, 11) is 0. The molecule has 5 heteroatoms. The molecule has 2 aromatic carbocycles. The van der Waals surface area contributed by atoms with Crippen LogP contribution in [0.4, 0.5) is 18.9 Å². The second-order valence-corrected chi connectivity index (χ2v) is 5.82. The summed E-state index contributed by atoms with van der Waals surface area (Å²) in [6.07, 6.45) is -3.57. The molecule has 0 aliphatic heterocycles. The molecule has 0 saturated heterocycles. The van der Waals surface area contributed by atoms with Crippen molar-refractivity contribution in [1.29, 1.82) is 0 Å². The van der Waals surface area contributed by atoms with Gasteiger partial charge in [0.1, 0.15) is 0 Å². The molecule has 0 heterocycles. The average molecular weight is 335 g/mol. The zero-order valence-electron chi connectivity index (χ0n) is 13.7. The molecule has 128 valence electrons. The van der Waals surface area contributed by atoms with Gasteiger partial charge in [-0.15, -0.1) is 0 Å². The summed E-state index contributed by atoms with van der Waals surface area (Å²) in [5, 5.41) is 2.81. The number of hydrogen-bond donors (Lipinski definition) is 1. The minimum atomic E-state index is -4.41. The molecule has 0 aliphatic rings. The topological polar surface area (TPSA) is 29.1 Å². The van der Waals surface area contributed by atoms with E-state index in [0.29, 0.717) is 11.3 Å². The molecule has 0 saturated carbocycles. The number of amides is 1. The number of hydrogen-bond acceptors (Lipinski definition) is 1. The van der Waals surface area contributed by atoms with Crippen LogP contribution >= 0.6 is 0 Å². The van der Waals surface area contributed by atoms with Gasteiger partial charge in [-0.3, -0.25) is 4.79 Å². The standard InChI is InChI=1S/C19H20F3NO/c1-3-13(2)16-9-4-5-10-17(16)23-18(24)12-14-7-6-8-15(11-14)19(20,21)22/h4-11,13H,3,12H2,1-2H3,(H,23,24). The van der Waals surface area contributed by atoms with Crippen LogP contribution in [-0.2, 0) is 17.4 Å². The summed E-state index contributed by atoms with van der Waals surface area (Å²) in [6.45, 7) is 4.13. The van der Waals surface area contributed by atoms with E-state index in [1.165, 1.54) is 12.1 Å². The first-order chi connectivity index (χ1) is 11.3. The molecular weight excluding hydrogens is 315 g/mol. The fourth-order valence-electron chi connectivity index (χ4n) is 2.50. The van der Waals surface area contributed by atoms with Gasteiger partial charge in [-0.2, -0.15) is 13.2 Å². The van der Waals surface area contributed by atoms with Gasteiger partial charge in [-0.05, 0) is 35.6 Å².